The van der Waals surface area contributed by atoms with Crippen LogP contribution >= 0.6 is 11.6 Å². The Morgan fingerprint density at radius 3 is 2.78 bits per heavy atom. The molecule has 2 aromatic heterocycles. The summed E-state index contributed by atoms with van der Waals surface area (Å²) in [4.78, 5) is 36.1. The van der Waals surface area contributed by atoms with Crippen LogP contribution < -0.4 is 10.2 Å². The quantitative estimate of drug-likeness (QED) is 0.112. The van der Waals surface area contributed by atoms with E-state index in [1.54, 1.807) is 30.0 Å². The van der Waals surface area contributed by atoms with Gasteiger partial charge < -0.3 is 24.5 Å². The van der Waals surface area contributed by atoms with Gasteiger partial charge in [0.15, 0.2) is 0 Å². The Bertz CT molecular complexity index is 1690. The fourth-order valence-corrected chi connectivity index (χ4v) is 5.70. The highest BCUT2D eigenvalue weighted by Crippen LogP contribution is 2.38. The van der Waals surface area contributed by atoms with E-state index in [-0.39, 0.29) is 36.0 Å². The number of aromatic nitrogens is 2. The molecule has 0 bridgehead atoms. The molecule has 1 unspecified atom stereocenters. The predicted molar refractivity (Wildman–Crippen MR) is 166 cm³/mol. The molecule has 0 radical (unpaired) electrons. The molecule has 2 aliphatic heterocycles. The van der Waals surface area contributed by atoms with Crippen molar-refractivity contribution in [1.29, 1.82) is 0 Å². The van der Waals surface area contributed by atoms with E-state index in [9.17, 15) is 14.0 Å². The number of anilines is 1. The van der Waals surface area contributed by atoms with Crippen molar-refractivity contribution in [3.8, 4) is 5.75 Å². The first-order valence-electron chi connectivity index (χ1n) is 15.0. The summed E-state index contributed by atoms with van der Waals surface area (Å²) in [6.45, 7) is 3.72. The number of pyridine rings is 2. The van der Waals surface area contributed by atoms with Crippen LogP contribution in [0.1, 0.15) is 53.7 Å². The van der Waals surface area contributed by atoms with Crippen LogP contribution in [0.2, 0.25) is 5.15 Å². The number of amides is 1. The number of fused-ring (bicyclic) bond motifs is 1. The maximum Gasteiger partial charge on any atom is 0.410 e. The molecule has 45 heavy (non-hydrogen) atoms. The van der Waals surface area contributed by atoms with Gasteiger partial charge in [-0.15, -0.1) is 0 Å². The molecule has 1 amide bonds. The highest BCUT2D eigenvalue weighted by Gasteiger charge is 2.36. The number of nitrogens with zero attached hydrogens (tertiary/aromatic N) is 4. The maximum absolute atomic E-state index is 14.4. The minimum Gasteiger partial charge on any atom is -0.493 e. The number of rotatable bonds is 11. The van der Waals surface area contributed by atoms with Gasteiger partial charge in [-0.25, -0.2) is 24.0 Å². The number of hydrazine groups is 1. The van der Waals surface area contributed by atoms with Gasteiger partial charge in [-0.05, 0) is 55.7 Å². The van der Waals surface area contributed by atoms with Gasteiger partial charge in [0.25, 0.3) is 0 Å². The van der Waals surface area contributed by atoms with Crippen LogP contribution in [0.15, 0.2) is 66.9 Å². The number of carbonyl (C=O) groups excluding carboxylic acids is 2. The highest BCUT2D eigenvalue weighted by molar-refractivity contribution is 6.29. The van der Waals surface area contributed by atoms with Crippen molar-refractivity contribution in [2.24, 2.45) is 0 Å². The first-order valence-corrected chi connectivity index (χ1v) is 15.3. The summed E-state index contributed by atoms with van der Waals surface area (Å²) >= 11 is 6.16. The monoisotopic (exact) mass is 633 g/mol. The predicted octanol–water partition coefficient (Wildman–Crippen LogP) is 6.55. The Morgan fingerprint density at radius 1 is 1.11 bits per heavy atom. The van der Waals surface area contributed by atoms with Crippen molar-refractivity contribution in [1.82, 2.24) is 19.9 Å². The molecule has 0 aliphatic carbocycles. The Balaban J connectivity index is 1.09. The molecule has 4 heterocycles. The van der Waals surface area contributed by atoms with Crippen molar-refractivity contribution in [3.05, 3.63) is 94.5 Å². The van der Waals surface area contributed by atoms with Gasteiger partial charge >= 0.3 is 12.1 Å². The number of hydrogen-bond acceptors (Lipinski definition) is 9. The van der Waals surface area contributed by atoms with Gasteiger partial charge in [0.2, 0.25) is 0 Å². The van der Waals surface area contributed by atoms with Gasteiger partial charge in [-0.3, -0.25) is 4.98 Å². The normalized spacial score (nSPS) is 18.9. The summed E-state index contributed by atoms with van der Waals surface area (Å²) in [7, 11) is 0. The number of benzene rings is 2. The van der Waals surface area contributed by atoms with Crippen LogP contribution in [0, 0.1) is 5.82 Å². The summed E-state index contributed by atoms with van der Waals surface area (Å²) in [6, 6.07) is 17.1. The summed E-state index contributed by atoms with van der Waals surface area (Å²) < 4.78 is 31.4. The molecule has 4 aromatic rings. The lowest BCUT2D eigenvalue weighted by atomic mass is 10.0. The molecule has 2 aliphatic rings. The van der Waals surface area contributed by atoms with Crippen molar-refractivity contribution < 1.29 is 28.2 Å². The summed E-state index contributed by atoms with van der Waals surface area (Å²) in [5, 5.41) is 2.25. The third kappa shape index (κ3) is 7.10. The molecule has 2 aromatic carbocycles. The number of nitrogens with one attached hydrogen (secondary N) is 1. The van der Waals surface area contributed by atoms with E-state index in [0.717, 1.165) is 12.0 Å². The standard InChI is InChI=1S/C33H33ClFN5O5/c1-2-43-32(41)25-18-36-26-11-13-29(34)37-31(26)30(25)38-40-19-23(40)14-16-44-28-12-10-22(35)17-24(28)27-9-6-15-39(27)33(42)45-20-21-7-4-3-5-8-21/h3-5,7-8,10-13,17-18,23,27H,2,6,9,14-16,19-20H2,1H3,(H,36,38)/t23-,27-,40?/m1/s1. The fourth-order valence-electron chi connectivity index (χ4n) is 5.55. The zero-order valence-corrected chi connectivity index (χ0v) is 25.5. The van der Waals surface area contributed by atoms with E-state index in [2.05, 4.69) is 15.4 Å². The van der Waals surface area contributed by atoms with E-state index < -0.39 is 17.9 Å². The zero-order chi connectivity index (χ0) is 31.3. The van der Waals surface area contributed by atoms with Gasteiger partial charge in [-0.1, -0.05) is 41.9 Å². The van der Waals surface area contributed by atoms with Gasteiger partial charge in [-0.2, -0.15) is 0 Å². The van der Waals surface area contributed by atoms with Crippen molar-refractivity contribution in [2.75, 3.05) is 31.7 Å². The lowest BCUT2D eigenvalue weighted by Crippen LogP contribution is -2.31. The van der Waals surface area contributed by atoms with Crippen molar-refractivity contribution >= 4 is 40.4 Å². The van der Waals surface area contributed by atoms with E-state index in [4.69, 9.17) is 25.8 Å². The van der Waals surface area contributed by atoms with Gasteiger partial charge in [0, 0.05) is 37.3 Å². The molecule has 0 spiro atoms. The number of hydrogen-bond donors (Lipinski definition) is 1. The third-order valence-electron chi connectivity index (χ3n) is 7.88. The first kappa shape index (κ1) is 30.5. The summed E-state index contributed by atoms with van der Waals surface area (Å²) in [5.74, 6) is -0.366. The molecule has 10 nitrogen and oxygen atoms in total. The van der Waals surface area contributed by atoms with E-state index >= 15 is 0 Å². The molecule has 12 heteroatoms. The van der Waals surface area contributed by atoms with E-state index in [1.165, 1.54) is 18.3 Å². The summed E-state index contributed by atoms with van der Waals surface area (Å²) in [6.07, 6.45) is 3.16. The lowest BCUT2D eigenvalue weighted by molar-refractivity contribution is 0.0526. The van der Waals surface area contributed by atoms with Crippen LogP contribution in [-0.4, -0.2) is 64.3 Å². The van der Waals surface area contributed by atoms with Crippen LogP contribution in [0.3, 0.4) is 0 Å². The SMILES string of the molecule is CCOC(=O)c1cnc2ccc(Cl)nc2c1NN1C[C@H]1CCOc1ccc(F)cc1[C@H]1CCCN1C(=O)OCc1ccccc1. The molecule has 2 fully saturated rings. The molecule has 1 N–H and O–H groups in total. The average molecular weight is 634 g/mol. The summed E-state index contributed by atoms with van der Waals surface area (Å²) in [5.41, 5.74) is 6.63. The second-order valence-electron chi connectivity index (χ2n) is 10.9. The first-order chi connectivity index (χ1) is 21.9. The minimum absolute atomic E-state index is 0.113. The van der Waals surface area contributed by atoms with Crippen LogP contribution in [0.5, 0.6) is 5.75 Å². The second kappa shape index (κ2) is 13.7. The Morgan fingerprint density at radius 2 is 1.96 bits per heavy atom. The minimum atomic E-state index is -0.508. The Kier molecular flexibility index (Phi) is 9.27. The number of likely N-dealkylation sites (tertiary alicyclic amines) is 1. The third-order valence-corrected chi connectivity index (χ3v) is 8.09. The lowest BCUT2D eigenvalue weighted by Gasteiger charge is -2.26. The smallest absolute Gasteiger partial charge is 0.410 e. The number of carbonyl (C=O) groups is 2. The van der Waals surface area contributed by atoms with E-state index in [0.29, 0.717) is 60.6 Å². The fraction of sp³-hybridized carbons (Fsp3) is 0.333. The van der Waals surface area contributed by atoms with Crippen molar-refractivity contribution in [2.45, 2.75) is 44.9 Å². The van der Waals surface area contributed by atoms with Crippen molar-refractivity contribution in [3.63, 3.8) is 0 Å². The largest absolute Gasteiger partial charge is 0.493 e. The Hall–Kier alpha value is -4.48. The average Bonchev–Trinajstić information content (AvgIpc) is 3.59. The zero-order valence-electron chi connectivity index (χ0n) is 24.7. The van der Waals surface area contributed by atoms with E-state index in [1.807, 2.05) is 35.3 Å². The Labute approximate surface area is 265 Å². The molecular weight excluding hydrogens is 601 g/mol. The van der Waals surface area contributed by atoms with Gasteiger partial charge in [0.1, 0.15) is 34.4 Å². The van der Waals surface area contributed by atoms with Crippen LogP contribution in [0.4, 0.5) is 14.9 Å². The number of esters is 1. The maximum atomic E-state index is 14.4. The van der Waals surface area contributed by atoms with Crippen LogP contribution in [-0.2, 0) is 16.1 Å². The highest BCUT2D eigenvalue weighted by atomic mass is 35.5. The second-order valence-corrected chi connectivity index (χ2v) is 11.3. The molecule has 6 rings (SSSR count). The number of halogens is 2. The van der Waals surface area contributed by atoms with Gasteiger partial charge in [0.05, 0.1) is 30.5 Å². The number of ether oxygens (including phenoxy) is 3. The van der Waals surface area contributed by atoms with Crippen LogP contribution in [0.25, 0.3) is 11.0 Å². The molecule has 2 saturated heterocycles. The molecule has 3 atom stereocenters. The molecule has 234 valence electrons. The molecular formula is C33H33ClFN5O5. The topological polar surface area (TPSA) is 106 Å². The molecule has 0 saturated carbocycles.